The minimum absolute atomic E-state index is 0.211. The Bertz CT molecular complexity index is 266. The predicted octanol–water partition coefficient (Wildman–Crippen LogP) is 1.80. The first kappa shape index (κ1) is 10.7. The number of allylic oxidation sites excluding steroid dienone is 3. The maximum Gasteiger partial charge on any atom is 0.217 e. The van der Waals surface area contributed by atoms with Crippen molar-refractivity contribution in [2.45, 2.75) is 25.7 Å². The second-order valence-electron chi connectivity index (χ2n) is 3.42. The molecule has 0 aromatic rings. The molecule has 0 radical (unpaired) electrons. The van der Waals surface area contributed by atoms with Crippen molar-refractivity contribution in [3.8, 4) is 0 Å². The zero-order valence-corrected chi connectivity index (χ0v) is 8.23. The summed E-state index contributed by atoms with van der Waals surface area (Å²) in [6, 6.07) is 0. The van der Waals surface area contributed by atoms with Crippen molar-refractivity contribution in [3.63, 3.8) is 0 Å². The van der Waals surface area contributed by atoms with Crippen molar-refractivity contribution < 1.29 is 4.79 Å². The molecule has 1 aliphatic heterocycles. The van der Waals surface area contributed by atoms with E-state index in [9.17, 15) is 4.79 Å². The number of aliphatic imine (C=N–C) groups is 1. The molecule has 1 amide bonds. The second kappa shape index (κ2) is 6.13. The Morgan fingerprint density at radius 3 is 3.21 bits per heavy atom. The highest BCUT2D eigenvalue weighted by Gasteiger charge is 2.04. The van der Waals surface area contributed by atoms with E-state index in [0.29, 0.717) is 12.3 Å². The van der Waals surface area contributed by atoms with Crippen LogP contribution in [0.15, 0.2) is 29.4 Å². The predicted molar refractivity (Wildman–Crippen MR) is 57.9 cm³/mol. The minimum Gasteiger partial charge on any atom is -0.370 e. The topological polar surface area (TPSA) is 55.5 Å². The summed E-state index contributed by atoms with van der Waals surface area (Å²) in [7, 11) is 0. The molecule has 1 unspecified atom stereocenters. The monoisotopic (exact) mass is 192 g/mol. The second-order valence-corrected chi connectivity index (χ2v) is 3.42. The van der Waals surface area contributed by atoms with E-state index in [2.05, 4.69) is 17.1 Å². The van der Waals surface area contributed by atoms with Gasteiger partial charge in [-0.3, -0.25) is 9.79 Å². The first-order chi connectivity index (χ1) is 6.79. The molecule has 1 atom stereocenters. The molecule has 0 aromatic heterocycles. The van der Waals surface area contributed by atoms with Gasteiger partial charge in [-0.25, -0.2) is 0 Å². The normalized spacial score (nSPS) is 27.3. The smallest absolute Gasteiger partial charge is 0.217 e. The SMILES string of the molecule is NC(=O)CCCC1\C=C/C=N\C=C/C1. The molecule has 1 rings (SSSR count). The maximum absolute atomic E-state index is 10.5. The average molecular weight is 192 g/mol. The summed E-state index contributed by atoms with van der Waals surface area (Å²) in [5.74, 6) is 0.300. The molecule has 2 N–H and O–H groups in total. The van der Waals surface area contributed by atoms with Gasteiger partial charge in [-0.1, -0.05) is 12.2 Å². The van der Waals surface area contributed by atoms with Crippen molar-refractivity contribution in [1.82, 2.24) is 0 Å². The van der Waals surface area contributed by atoms with Crippen molar-refractivity contribution in [2.24, 2.45) is 16.6 Å². The van der Waals surface area contributed by atoms with Crippen LogP contribution in [0.3, 0.4) is 0 Å². The zero-order valence-electron chi connectivity index (χ0n) is 8.23. The van der Waals surface area contributed by atoms with Gasteiger partial charge < -0.3 is 5.73 Å². The van der Waals surface area contributed by atoms with Crippen LogP contribution in [0.25, 0.3) is 0 Å². The van der Waals surface area contributed by atoms with Gasteiger partial charge in [-0.05, 0) is 31.3 Å². The number of amides is 1. The Morgan fingerprint density at radius 1 is 1.57 bits per heavy atom. The molecule has 0 spiro atoms. The summed E-state index contributed by atoms with van der Waals surface area (Å²) in [5.41, 5.74) is 5.07. The third kappa shape index (κ3) is 4.60. The minimum atomic E-state index is -0.211. The Balaban J connectivity index is 2.29. The van der Waals surface area contributed by atoms with Gasteiger partial charge in [0.1, 0.15) is 0 Å². The lowest BCUT2D eigenvalue weighted by Gasteiger charge is -2.09. The van der Waals surface area contributed by atoms with Crippen LogP contribution in [0.2, 0.25) is 0 Å². The third-order valence-corrected chi connectivity index (χ3v) is 2.18. The Hall–Kier alpha value is -1.38. The Morgan fingerprint density at radius 2 is 2.43 bits per heavy atom. The first-order valence-electron chi connectivity index (χ1n) is 4.92. The van der Waals surface area contributed by atoms with Crippen LogP contribution in [0.5, 0.6) is 0 Å². The highest BCUT2D eigenvalue weighted by atomic mass is 16.1. The van der Waals surface area contributed by atoms with E-state index >= 15 is 0 Å². The molecular formula is C11H16N2O. The van der Waals surface area contributed by atoms with Crippen LogP contribution in [0, 0.1) is 5.92 Å². The lowest BCUT2D eigenvalue weighted by Crippen LogP contribution is -2.10. The lowest BCUT2D eigenvalue weighted by molar-refractivity contribution is -0.118. The summed E-state index contributed by atoms with van der Waals surface area (Å²) in [6.45, 7) is 0. The van der Waals surface area contributed by atoms with E-state index in [1.54, 1.807) is 6.21 Å². The van der Waals surface area contributed by atoms with Crippen molar-refractivity contribution >= 4 is 12.1 Å². The van der Waals surface area contributed by atoms with Crippen LogP contribution in [0.1, 0.15) is 25.7 Å². The van der Waals surface area contributed by atoms with Crippen LogP contribution in [-0.2, 0) is 4.79 Å². The first-order valence-corrected chi connectivity index (χ1v) is 4.92. The molecule has 0 saturated carbocycles. The fourth-order valence-corrected chi connectivity index (χ4v) is 1.43. The number of hydrogen-bond donors (Lipinski definition) is 1. The Labute approximate surface area is 84.4 Å². The molecule has 14 heavy (non-hydrogen) atoms. The molecule has 1 aliphatic rings. The van der Waals surface area contributed by atoms with Gasteiger partial charge in [0.05, 0.1) is 0 Å². The van der Waals surface area contributed by atoms with Crippen LogP contribution < -0.4 is 5.73 Å². The summed E-state index contributed by atoms with van der Waals surface area (Å²) in [5, 5.41) is 0. The van der Waals surface area contributed by atoms with Crippen LogP contribution in [-0.4, -0.2) is 12.1 Å². The van der Waals surface area contributed by atoms with Crippen molar-refractivity contribution in [3.05, 3.63) is 24.4 Å². The van der Waals surface area contributed by atoms with E-state index < -0.39 is 0 Å². The molecule has 0 bridgehead atoms. The number of nitrogens with zero attached hydrogens (tertiary/aromatic N) is 1. The van der Waals surface area contributed by atoms with Gasteiger partial charge in [0.25, 0.3) is 0 Å². The van der Waals surface area contributed by atoms with Gasteiger partial charge in [0.2, 0.25) is 5.91 Å². The van der Waals surface area contributed by atoms with Gasteiger partial charge in [-0.15, -0.1) is 0 Å². The van der Waals surface area contributed by atoms with Gasteiger partial charge in [-0.2, -0.15) is 0 Å². The maximum atomic E-state index is 10.5. The summed E-state index contributed by atoms with van der Waals surface area (Å²) in [4.78, 5) is 14.5. The number of carbonyl (C=O) groups excluding carboxylic acids is 1. The fourth-order valence-electron chi connectivity index (χ4n) is 1.43. The van der Waals surface area contributed by atoms with E-state index in [1.165, 1.54) is 0 Å². The van der Waals surface area contributed by atoms with E-state index in [1.807, 2.05) is 12.3 Å². The Kier molecular flexibility index (Phi) is 4.69. The number of primary amides is 1. The zero-order chi connectivity index (χ0) is 10.2. The number of rotatable bonds is 4. The number of hydrogen-bond acceptors (Lipinski definition) is 2. The molecule has 76 valence electrons. The fraction of sp³-hybridized carbons (Fsp3) is 0.455. The summed E-state index contributed by atoms with van der Waals surface area (Å²) >= 11 is 0. The lowest BCUT2D eigenvalue weighted by atomic mass is 9.97. The quantitative estimate of drug-likeness (QED) is 0.725. The van der Waals surface area contributed by atoms with Gasteiger partial charge in [0, 0.05) is 18.8 Å². The van der Waals surface area contributed by atoms with Crippen molar-refractivity contribution in [2.75, 3.05) is 0 Å². The highest BCUT2D eigenvalue weighted by molar-refractivity contribution is 5.73. The summed E-state index contributed by atoms with van der Waals surface area (Å²) < 4.78 is 0. The standard InChI is InChI=1S/C11H16N2O/c12-11(14)7-1-4-10-5-2-8-13-9-3-6-10/h2-3,5,8-10H,1,4,6-7H2,(H2,12,14)/b5-2-,9-3-,13-8-. The van der Waals surface area contributed by atoms with Crippen LogP contribution >= 0.6 is 0 Å². The molecule has 0 fully saturated rings. The van der Waals surface area contributed by atoms with Gasteiger partial charge >= 0.3 is 0 Å². The highest BCUT2D eigenvalue weighted by Crippen LogP contribution is 2.15. The largest absolute Gasteiger partial charge is 0.370 e. The molecule has 3 nitrogen and oxygen atoms in total. The number of nitrogens with two attached hydrogens (primary N) is 1. The van der Waals surface area contributed by atoms with Crippen LogP contribution in [0.4, 0.5) is 0 Å². The molecular weight excluding hydrogens is 176 g/mol. The van der Waals surface area contributed by atoms with E-state index in [4.69, 9.17) is 5.73 Å². The molecule has 3 heteroatoms. The number of carbonyl (C=O) groups is 1. The van der Waals surface area contributed by atoms with E-state index in [0.717, 1.165) is 19.3 Å². The molecule has 0 aromatic carbocycles. The summed E-state index contributed by atoms with van der Waals surface area (Å²) in [6.07, 6.45) is 13.1. The van der Waals surface area contributed by atoms with E-state index in [-0.39, 0.29) is 5.91 Å². The molecule has 0 aliphatic carbocycles. The van der Waals surface area contributed by atoms with Gasteiger partial charge in [0.15, 0.2) is 0 Å². The van der Waals surface area contributed by atoms with Crippen molar-refractivity contribution in [1.29, 1.82) is 0 Å². The molecule has 1 heterocycles. The molecule has 0 saturated heterocycles. The average Bonchev–Trinajstić information content (AvgIpc) is 2.07. The third-order valence-electron chi connectivity index (χ3n) is 2.18.